The standard InChI is InChI=1S/C16H19F3N4O4/c1-8-7-25-5-3-4-15(2,24)14-23-22-13(27-14)11-10(20)6-9(16(17,18)19)12(21-11)26-8/h6,8,24H,3-5,7,20H2,1-2H3/t8-,15-/m1/s1. The molecule has 3 N–H and O–H groups in total. The van der Waals surface area contributed by atoms with Gasteiger partial charge in [-0.2, -0.15) is 13.2 Å². The molecular weight excluding hydrogens is 369 g/mol. The second-order valence-corrected chi connectivity index (χ2v) is 6.57. The number of hydrogen-bond acceptors (Lipinski definition) is 8. The van der Waals surface area contributed by atoms with Crippen LogP contribution in [0.5, 0.6) is 5.88 Å². The lowest BCUT2D eigenvalue weighted by atomic mass is 10.0. The number of nitrogen functional groups attached to an aromatic ring is 1. The van der Waals surface area contributed by atoms with Crippen molar-refractivity contribution in [2.24, 2.45) is 0 Å². The molecule has 0 amide bonds. The molecule has 0 spiro atoms. The van der Waals surface area contributed by atoms with Gasteiger partial charge in [0.15, 0.2) is 5.69 Å². The summed E-state index contributed by atoms with van der Waals surface area (Å²) < 4.78 is 56.2. The predicted molar refractivity (Wildman–Crippen MR) is 86.7 cm³/mol. The van der Waals surface area contributed by atoms with Crippen molar-refractivity contribution < 1.29 is 32.2 Å². The number of halogens is 3. The Labute approximate surface area is 152 Å². The van der Waals surface area contributed by atoms with Crippen molar-refractivity contribution in [3.8, 4) is 17.5 Å². The van der Waals surface area contributed by atoms with E-state index in [1.54, 1.807) is 6.92 Å². The summed E-state index contributed by atoms with van der Waals surface area (Å²) in [5.41, 5.74) is 2.73. The first kappa shape index (κ1) is 19.4. The molecule has 1 aliphatic rings. The summed E-state index contributed by atoms with van der Waals surface area (Å²) in [5, 5.41) is 18.0. The highest BCUT2D eigenvalue weighted by Crippen LogP contribution is 2.40. The molecule has 0 radical (unpaired) electrons. The molecule has 1 aliphatic heterocycles. The van der Waals surface area contributed by atoms with E-state index in [0.717, 1.165) is 0 Å². The van der Waals surface area contributed by atoms with Crippen LogP contribution in [0.25, 0.3) is 11.6 Å². The Bertz CT molecular complexity index is 822. The van der Waals surface area contributed by atoms with Crippen molar-refractivity contribution in [1.82, 2.24) is 15.2 Å². The van der Waals surface area contributed by atoms with Crippen LogP contribution >= 0.6 is 0 Å². The molecule has 2 aromatic heterocycles. The summed E-state index contributed by atoms with van der Waals surface area (Å²) in [7, 11) is 0. The van der Waals surface area contributed by atoms with Crippen LogP contribution in [0.4, 0.5) is 18.9 Å². The fourth-order valence-corrected chi connectivity index (χ4v) is 2.61. The Balaban J connectivity index is 2.13. The van der Waals surface area contributed by atoms with Crippen LogP contribution in [0, 0.1) is 0 Å². The van der Waals surface area contributed by atoms with Gasteiger partial charge in [-0.15, -0.1) is 10.2 Å². The number of rotatable bonds is 0. The number of aliphatic hydroxyl groups is 1. The Hall–Kier alpha value is -2.40. The average molecular weight is 388 g/mol. The van der Waals surface area contributed by atoms with Gasteiger partial charge in [0, 0.05) is 6.61 Å². The molecule has 2 atom stereocenters. The number of alkyl halides is 3. The number of fused-ring (bicyclic) bond motifs is 5. The zero-order valence-corrected chi connectivity index (χ0v) is 14.7. The predicted octanol–water partition coefficient (Wildman–Crippen LogP) is 2.52. The fourth-order valence-electron chi connectivity index (χ4n) is 2.61. The average Bonchev–Trinajstić information content (AvgIpc) is 3.04. The second-order valence-electron chi connectivity index (χ2n) is 6.57. The van der Waals surface area contributed by atoms with E-state index in [1.165, 1.54) is 6.92 Å². The zero-order chi connectivity index (χ0) is 19.8. The molecule has 4 bridgehead atoms. The summed E-state index contributed by atoms with van der Waals surface area (Å²) in [6.07, 6.45) is -4.66. The zero-order valence-electron chi connectivity index (χ0n) is 14.7. The van der Waals surface area contributed by atoms with Crippen LogP contribution in [-0.4, -0.2) is 39.6 Å². The topological polar surface area (TPSA) is 117 Å². The monoisotopic (exact) mass is 388 g/mol. The molecule has 27 heavy (non-hydrogen) atoms. The summed E-state index contributed by atoms with van der Waals surface area (Å²) in [6.45, 7) is 3.39. The minimum Gasteiger partial charge on any atom is -0.472 e. The quantitative estimate of drug-likeness (QED) is 0.707. The van der Waals surface area contributed by atoms with Crippen molar-refractivity contribution >= 4 is 5.69 Å². The maximum atomic E-state index is 13.3. The van der Waals surface area contributed by atoms with E-state index in [9.17, 15) is 18.3 Å². The number of aromatic nitrogens is 3. The Morgan fingerprint density at radius 1 is 1.33 bits per heavy atom. The van der Waals surface area contributed by atoms with E-state index in [4.69, 9.17) is 19.6 Å². The molecule has 2 aromatic rings. The first-order valence-corrected chi connectivity index (χ1v) is 8.27. The lowest BCUT2D eigenvalue weighted by Crippen LogP contribution is -2.24. The van der Waals surface area contributed by atoms with Crippen molar-refractivity contribution in [1.29, 1.82) is 0 Å². The van der Waals surface area contributed by atoms with Gasteiger partial charge < -0.3 is 24.7 Å². The molecule has 3 rings (SSSR count). The summed E-state index contributed by atoms with van der Waals surface area (Å²) in [6, 6.07) is 0.707. The van der Waals surface area contributed by atoms with Crippen LogP contribution in [0.15, 0.2) is 10.5 Å². The van der Waals surface area contributed by atoms with Crippen LogP contribution in [0.1, 0.15) is 38.1 Å². The number of anilines is 1. The number of ether oxygens (including phenoxy) is 2. The van der Waals surface area contributed by atoms with Crippen LogP contribution in [-0.2, 0) is 16.5 Å². The molecule has 11 heteroatoms. The molecule has 0 saturated heterocycles. The molecule has 148 valence electrons. The fraction of sp³-hybridized carbons (Fsp3) is 0.562. The molecule has 0 aliphatic carbocycles. The highest BCUT2D eigenvalue weighted by atomic mass is 19.4. The van der Waals surface area contributed by atoms with Gasteiger partial charge in [-0.3, -0.25) is 0 Å². The van der Waals surface area contributed by atoms with Gasteiger partial charge in [-0.25, -0.2) is 4.98 Å². The molecule has 8 nitrogen and oxygen atoms in total. The van der Waals surface area contributed by atoms with Crippen molar-refractivity contribution in [3.05, 3.63) is 17.5 Å². The van der Waals surface area contributed by atoms with Gasteiger partial charge in [0.05, 0.1) is 12.3 Å². The van der Waals surface area contributed by atoms with E-state index in [-0.39, 0.29) is 42.8 Å². The summed E-state index contributed by atoms with van der Waals surface area (Å²) in [5.74, 6) is -0.958. The molecular formula is C16H19F3N4O4. The summed E-state index contributed by atoms with van der Waals surface area (Å²) >= 11 is 0. The van der Waals surface area contributed by atoms with E-state index in [1.807, 2.05) is 0 Å². The number of nitrogens with zero attached hydrogens (tertiary/aromatic N) is 3. The molecule has 0 unspecified atom stereocenters. The largest absolute Gasteiger partial charge is 0.472 e. The van der Waals surface area contributed by atoms with Gasteiger partial charge in [-0.05, 0) is 32.8 Å². The Morgan fingerprint density at radius 2 is 2.07 bits per heavy atom. The SMILES string of the molecule is C[C@@H]1COCCC[C@@](C)(O)c2nnc(o2)-c2nc(c(C(F)(F)F)cc2N)O1. The maximum Gasteiger partial charge on any atom is 0.421 e. The van der Waals surface area contributed by atoms with Crippen molar-refractivity contribution in [2.45, 2.75) is 44.6 Å². The normalized spacial score (nSPS) is 24.1. The van der Waals surface area contributed by atoms with E-state index >= 15 is 0 Å². The molecule has 0 aromatic carbocycles. The number of nitrogens with two attached hydrogens (primary N) is 1. The van der Waals surface area contributed by atoms with Crippen molar-refractivity contribution in [2.75, 3.05) is 18.9 Å². The minimum absolute atomic E-state index is 0.0548. The second kappa shape index (κ2) is 6.97. The van der Waals surface area contributed by atoms with Gasteiger partial charge in [-0.1, -0.05) is 0 Å². The third-order valence-corrected chi connectivity index (χ3v) is 4.03. The Kier molecular flexibility index (Phi) is 5.00. The lowest BCUT2D eigenvalue weighted by Gasteiger charge is -2.21. The van der Waals surface area contributed by atoms with E-state index < -0.39 is 29.3 Å². The van der Waals surface area contributed by atoms with Gasteiger partial charge in [0.1, 0.15) is 17.3 Å². The Morgan fingerprint density at radius 3 is 2.78 bits per heavy atom. The molecule has 3 heterocycles. The van der Waals surface area contributed by atoms with E-state index in [2.05, 4.69) is 15.2 Å². The number of pyridine rings is 1. The molecule has 0 fully saturated rings. The third-order valence-electron chi connectivity index (χ3n) is 4.03. The van der Waals surface area contributed by atoms with Crippen LogP contribution < -0.4 is 10.5 Å². The molecule has 0 saturated carbocycles. The van der Waals surface area contributed by atoms with E-state index in [0.29, 0.717) is 12.5 Å². The third kappa shape index (κ3) is 4.14. The highest BCUT2D eigenvalue weighted by Gasteiger charge is 2.38. The van der Waals surface area contributed by atoms with Crippen molar-refractivity contribution in [3.63, 3.8) is 0 Å². The number of hydrogen-bond donors (Lipinski definition) is 2. The maximum absolute atomic E-state index is 13.3. The lowest BCUT2D eigenvalue weighted by molar-refractivity contribution is -0.139. The smallest absolute Gasteiger partial charge is 0.421 e. The first-order valence-electron chi connectivity index (χ1n) is 8.27. The summed E-state index contributed by atoms with van der Waals surface area (Å²) in [4.78, 5) is 3.87. The minimum atomic E-state index is -4.72. The first-order chi connectivity index (χ1) is 12.6. The van der Waals surface area contributed by atoms with Crippen LogP contribution in [0.2, 0.25) is 0 Å². The van der Waals surface area contributed by atoms with Gasteiger partial charge >= 0.3 is 6.18 Å². The van der Waals surface area contributed by atoms with Crippen LogP contribution in [0.3, 0.4) is 0 Å². The van der Waals surface area contributed by atoms with Gasteiger partial charge in [0.2, 0.25) is 11.8 Å². The highest BCUT2D eigenvalue weighted by molar-refractivity contribution is 5.68. The van der Waals surface area contributed by atoms with Gasteiger partial charge in [0.25, 0.3) is 5.89 Å².